The SMILES string of the molecule is C[C@H](c1ccncn1)N(C)Cc1nc(-c2ccco2)no1. The van der Waals surface area contributed by atoms with Crippen LogP contribution in [0.4, 0.5) is 0 Å². The van der Waals surface area contributed by atoms with Crippen LogP contribution in [-0.4, -0.2) is 32.1 Å². The Hall–Kier alpha value is -2.54. The molecule has 3 heterocycles. The van der Waals surface area contributed by atoms with Crippen molar-refractivity contribution >= 4 is 0 Å². The molecule has 0 saturated heterocycles. The van der Waals surface area contributed by atoms with Crippen molar-refractivity contribution in [1.82, 2.24) is 25.0 Å². The number of nitrogens with zero attached hydrogens (tertiary/aromatic N) is 5. The van der Waals surface area contributed by atoms with Crippen molar-refractivity contribution in [2.45, 2.75) is 19.5 Å². The van der Waals surface area contributed by atoms with Gasteiger partial charge in [0.15, 0.2) is 5.76 Å². The Bertz CT molecular complexity index is 680. The lowest BCUT2D eigenvalue weighted by Crippen LogP contribution is -2.22. The van der Waals surface area contributed by atoms with Crippen LogP contribution in [0.1, 0.15) is 24.6 Å². The maximum absolute atomic E-state index is 5.25. The summed E-state index contributed by atoms with van der Waals surface area (Å²) in [4.78, 5) is 14.6. The van der Waals surface area contributed by atoms with Gasteiger partial charge in [0.25, 0.3) is 0 Å². The molecule has 0 aliphatic rings. The van der Waals surface area contributed by atoms with E-state index in [1.807, 2.05) is 13.1 Å². The summed E-state index contributed by atoms with van der Waals surface area (Å²) < 4.78 is 10.5. The van der Waals surface area contributed by atoms with Gasteiger partial charge in [-0.2, -0.15) is 4.98 Å². The second-order valence-electron chi connectivity index (χ2n) is 4.71. The molecular weight excluding hydrogens is 270 g/mol. The van der Waals surface area contributed by atoms with Crippen LogP contribution in [0.25, 0.3) is 11.6 Å². The van der Waals surface area contributed by atoms with E-state index in [1.54, 1.807) is 30.9 Å². The van der Waals surface area contributed by atoms with Crippen LogP contribution in [0.2, 0.25) is 0 Å². The summed E-state index contributed by atoms with van der Waals surface area (Å²) in [7, 11) is 1.98. The molecule has 1 atom stereocenters. The van der Waals surface area contributed by atoms with Gasteiger partial charge in [-0.25, -0.2) is 9.97 Å². The molecule has 3 rings (SSSR count). The largest absolute Gasteiger partial charge is 0.461 e. The average Bonchev–Trinajstić information content (AvgIpc) is 3.18. The molecule has 0 fully saturated rings. The lowest BCUT2D eigenvalue weighted by atomic mass is 10.2. The Morgan fingerprint density at radius 3 is 2.95 bits per heavy atom. The number of hydrogen-bond acceptors (Lipinski definition) is 7. The van der Waals surface area contributed by atoms with Crippen LogP contribution in [0.5, 0.6) is 0 Å². The summed E-state index contributed by atoms with van der Waals surface area (Å²) in [6.07, 6.45) is 4.85. The molecule has 7 nitrogen and oxygen atoms in total. The van der Waals surface area contributed by atoms with Crippen molar-refractivity contribution in [3.05, 3.63) is 48.6 Å². The molecule has 0 amide bonds. The minimum Gasteiger partial charge on any atom is -0.461 e. The molecule has 0 saturated carbocycles. The number of hydrogen-bond donors (Lipinski definition) is 0. The van der Waals surface area contributed by atoms with E-state index in [0.29, 0.717) is 24.0 Å². The monoisotopic (exact) mass is 285 g/mol. The highest BCUT2D eigenvalue weighted by Crippen LogP contribution is 2.20. The van der Waals surface area contributed by atoms with E-state index >= 15 is 0 Å². The summed E-state index contributed by atoms with van der Waals surface area (Å²) in [5, 5.41) is 3.91. The van der Waals surface area contributed by atoms with Crippen molar-refractivity contribution in [3.8, 4) is 11.6 Å². The van der Waals surface area contributed by atoms with Crippen molar-refractivity contribution < 1.29 is 8.94 Å². The zero-order valence-electron chi connectivity index (χ0n) is 11.8. The predicted molar refractivity (Wildman–Crippen MR) is 73.9 cm³/mol. The Kier molecular flexibility index (Phi) is 3.74. The van der Waals surface area contributed by atoms with Gasteiger partial charge >= 0.3 is 0 Å². The zero-order valence-corrected chi connectivity index (χ0v) is 11.8. The van der Waals surface area contributed by atoms with Crippen molar-refractivity contribution in [3.63, 3.8) is 0 Å². The second kappa shape index (κ2) is 5.84. The third kappa shape index (κ3) is 2.97. The molecule has 0 radical (unpaired) electrons. The van der Waals surface area contributed by atoms with E-state index in [1.165, 1.54) is 0 Å². The maximum atomic E-state index is 5.25. The number of aromatic nitrogens is 4. The molecule has 0 bridgehead atoms. The van der Waals surface area contributed by atoms with Gasteiger partial charge < -0.3 is 8.94 Å². The van der Waals surface area contributed by atoms with Gasteiger partial charge in [0, 0.05) is 12.2 Å². The van der Waals surface area contributed by atoms with Gasteiger partial charge in [-0.1, -0.05) is 5.16 Å². The van der Waals surface area contributed by atoms with Crippen LogP contribution < -0.4 is 0 Å². The van der Waals surface area contributed by atoms with Crippen LogP contribution in [0.3, 0.4) is 0 Å². The minimum absolute atomic E-state index is 0.118. The highest BCUT2D eigenvalue weighted by atomic mass is 16.5. The first-order valence-electron chi connectivity index (χ1n) is 6.56. The second-order valence-corrected chi connectivity index (χ2v) is 4.71. The Balaban J connectivity index is 1.69. The molecule has 108 valence electrons. The van der Waals surface area contributed by atoms with Crippen molar-refractivity contribution in [2.24, 2.45) is 0 Å². The van der Waals surface area contributed by atoms with Crippen molar-refractivity contribution in [1.29, 1.82) is 0 Å². The Morgan fingerprint density at radius 2 is 2.24 bits per heavy atom. The van der Waals surface area contributed by atoms with Gasteiger partial charge in [-0.15, -0.1) is 0 Å². The van der Waals surface area contributed by atoms with Gasteiger partial charge in [0.05, 0.1) is 18.5 Å². The minimum atomic E-state index is 0.118. The van der Waals surface area contributed by atoms with E-state index in [2.05, 4.69) is 31.9 Å². The van der Waals surface area contributed by atoms with Crippen LogP contribution in [0.15, 0.2) is 45.9 Å². The molecule has 21 heavy (non-hydrogen) atoms. The third-order valence-corrected chi connectivity index (χ3v) is 3.29. The fourth-order valence-corrected chi connectivity index (χ4v) is 1.95. The molecular formula is C14H15N5O2. The zero-order chi connectivity index (χ0) is 14.7. The Morgan fingerprint density at radius 1 is 1.33 bits per heavy atom. The van der Waals surface area contributed by atoms with E-state index in [-0.39, 0.29) is 6.04 Å². The number of rotatable bonds is 5. The molecule has 0 aromatic carbocycles. The van der Waals surface area contributed by atoms with Crippen LogP contribution in [-0.2, 0) is 6.54 Å². The third-order valence-electron chi connectivity index (χ3n) is 3.29. The summed E-state index contributed by atoms with van der Waals surface area (Å²) in [5.41, 5.74) is 0.943. The molecule has 0 spiro atoms. The highest BCUT2D eigenvalue weighted by molar-refractivity contribution is 5.44. The normalized spacial score (nSPS) is 12.7. The summed E-state index contributed by atoms with van der Waals surface area (Å²) in [5.74, 6) is 1.58. The molecule has 7 heteroatoms. The van der Waals surface area contributed by atoms with E-state index in [9.17, 15) is 0 Å². The van der Waals surface area contributed by atoms with E-state index < -0.39 is 0 Å². The number of furan rings is 1. The summed E-state index contributed by atoms with van der Waals surface area (Å²) in [6.45, 7) is 2.59. The summed E-state index contributed by atoms with van der Waals surface area (Å²) in [6, 6.07) is 5.59. The lowest BCUT2D eigenvalue weighted by Gasteiger charge is -2.22. The first-order valence-corrected chi connectivity index (χ1v) is 6.56. The van der Waals surface area contributed by atoms with E-state index in [4.69, 9.17) is 8.94 Å². The fraction of sp³-hybridized carbons (Fsp3) is 0.286. The maximum Gasteiger partial charge on any atom is 0.241 e. The van der Waals surface area contributed by atoms with Crippen LogP contribution >= 0.6 is 0 Å². The average molecular weight is 285 g/mol. The molecule has 3 aromatic heterocycles. The first kappa shape index (κ1) is 13.4. The lowest BCUT2D eigenvalue weighted by molar-refractivity contribution is 0.213. The van der Waals surface area contributed by atoms with E-state index in [0.717, 1.165) is 5.69 Å². The molecule has 0 unspecified atom stereocenters. The van der Waals surface area contributed by atoms with Gasteiger partial charge in [-0.05, 0) is 32.2 Å². The first-order chi connectivity index (χ1) is 10.2. The van der Waals surface area contributed by atoms with Crippen LogP contribution in [0, 0.1) is 0 Å². The van der Waals surface area contributed by atoms with Gasteiger partial charge in [0.2, 0.25) is 11.7 Å². The molecule has 3 aromatic rings. The Labute approximate surface area is 121 Å². The van der Waals surface area contributed by atoms with Crippen molar-refractivity contribution in [2.75, 3.05) is 7.05 Å². The quantitative estimate of drug-likeness (QED) is 0.711. The fourth-order valence-electron chi connectivity index (χ4n) is 1.95. The summed E-state index contributed by atoms with van der Waals surface area (Å²) >= 11 is 0. The smallest absolute Gasteiger partial charge is 0.241 e. The highest BCUT2D eigenvalue weighted by Gasteiger charge is 2.17. The van der Waals surface area contributed by atoms with Gasteiger partial charge in [0.1, 0.15) is 6.33 Å². The topological polar surface area (TPSA) is 81.1 Å². The molecule has 0 aliphatic carbocycles. The standard InChI is InChI=1S/C14H15N5O2/c1-10(11-5-6-15-9-16-11)19(2)8-13-17-14(18-21-13)12-4-3-7-20-12/h3-7,9-10H,8H2,1-2H3/t10-/m1/s1. The molecule has 0 aliphatic heterocycles. The predicted octanol–water partition coefficient (Wildman–Crippen LogP) is 2.31. The molecule has 0 N–H and O–H groups in total. The van der Waals surface area contributed by atoms with Gasteiger partial charge in [-0.3, -0.25) is 4.90 Å².